The van der Waals surface area contributed by atoms with Crippen molar-refractivity contribution in [2.45, 2.75) is 58.5 Å². The van der Waals surface area contributed by atoms with Crippen LogP contribution in [0.1, 0.15) is 52.4 Å². The topological polar surface area (TPSA) is 72.3 Å². The molecule has 1 fully saturated rings. The van der Waals surface area contributed by atoms with E-state index in [4.69, 9.17) is 11.5 Å². The zero-order valence-electron chi connectivity index (χ0n) is 11.1. The molecule has 0 aliphatic heterocycles. The average molecular weight is 238 g/mol. The summed E-state index contributed by atoms with van der Waals surface area (Å²) in [4.78, 5) is 0. The number of allylic oxidation sites excluding steroid dienone is 2. The molecule has 17 heavy (non-hydrogen) atoms. The van der Waals surface area contributed by atoms with Crippen LogP contribution in [0.2, 0.25) is 0 Å². The molecule has 0 spiro atoms. The molecule has 0 saturated heterocycles. The SMILES string of the molecule is C/C=C(\N)C1CCCCCC/C1=C(/N)C(C)O. The van der Waals surface area contributed by atoms with Crippen LogP contribution in [-0.2, 0) is 0 Å². The molecule has 98 valence electrons. The number of rotatable bonds is 2. The second-order valence-electron chi connectivity index (χ2n) is 4.95. The van der Waals surface area contributed by atoms with Crippen molar-refractivity contribution in [3.63, 3.8) is 0 Å². The van der Waals surface area contributed by atoms with Gasteiger partial charge in [-0.2, -0.15) is 0 Å². The third kappa shape index (κ3) is 3.77. The highest BCUT2D eigenvalue weighted by Crippen LogP contribution is 2.32. The van der Waals surface area contributed by atoms with Crippen LogP contribution in [0.4, 0.5) is 0 Å². The molecule has 0 bridgehead atoms. The molecular weight excluding hydrogens is 212 g/mol. The minimum absolute atomic E-state index is 0.231. The van der Waals surface area contributed by atoms with Crippen molar-refractivity contribution in [1.29, 1.82) is 0 Å². The van der Waals surface area contributed by atoms with Gasteiger partial charge in [0.05, 0.1) is 6.10 Å². The van der Waals surface area contributed by atoms with Gasteiger partial charge in [0.25, 0.3) is 0 Å². The Morgan fingerprint density at radius 3 is 2.53 bits per heavy atom. The van der Waals surface area contributed by atoms with Crippen LogP contribution in [-0.4, -0.2) is 11.2 Å². The standard InChI is InChI=1S/C14H26N2O/c1-3-13(15)11-8-6-4-5-7-9-12(11)14(16)10(2)17/h3,10-11,17H,4-9,15-16H2,1-2H3/b13-3-,14-12-. The first-order chi connectivity index (χ1) is 8.07. The second-order valence-corrected chi connectivity index (χ2v) is 4.95. The van der Waals surface area contributed by atoms with Gasteiger partial charge in [-0.3, -0.25) is 0 Å². The van der Waals surface area contributed by atoms with Crippen LogP contribution in [0.15, 0.2) is 23.0 Å². The van der Waals surface area contributed by atoms with Gasteiger partial charge >= 0.3 is 0 Å². The van der Waals surface area contributed by atoms with E-state index in [0.717, 1.165) is 30.5 Å². The second kappa shape index (κ2) is 6.70. The maximum Gasteiger partial charge on any atom is 0.0904 e. The number of aliphatic hydroxyl groups is 1. The summed E-state index contributed by atoms with van der Waals surface area (Å²) >= 11 is 0. The van der Waals surface area contributed by atoms with E-state index in [9.17, 15) is 5.11 Å². The van der Waals surface area contributed by atoms with E-state index in [1.807, 2.05) is 13.0 Å². The predicted octanol–water partition coefficient (Wildman–Crippen LogP) is 2.41. The lowest BCUT2D eigenvalue weighted by Crippen LogP contribution is -2.24. The van der Waals surface area contributed by atoms with Crippen LogP contribution in [0.3, 0.4) is 0 Å². The summed E-state index contributed by atoms with van der Waals surface area (Å²) in [5.74, 6) is 0.231. The summed E-state index contributed by atoms with van der Waals surface area (Å²) in [5, 5.41) is 9.66. The number of hydrogen-bond acceptors (Lipinski definition) is 3. The fourth-order valence-corrected chi connectivity index (χ4v) is 2.55. The van der Waals surface area contributed by atoms with Crippen molar-refractivity contribution in [3.05, 3.63) is 23.0 Å². The molecule has 0 aromatic carbocycles. The highest BCUT2D eigenvalue weighted by atomic mass is 16.3. The van der Waals surface area contributed by atoms with Gasteiger partial charge in [-0.1, -0.05) is 25.3 Å². The van der Waals surface area contributed by atoms with Crippen LogP contribution in [0.5, 0.6) is 0 Å². The Kier molecular flexibility index (Phi) is 5.56. The molecule has 2 atom stereocenters. The highest BCUT2D eigenvalue weighted by molar-refractivity contribution is 5.25. The lowest BCUT2D eigenvalue weighted by Gasteiger charge is -2.26. The third-order valence-electron chi connectivity index (χ3n) is 3.67. The minimum Gasteiger partial charge on any atom is -0.402 e. The Morgan fingerprint density at radius 1 is 1.29 bits per heavy atom. The molecule has 0 amide bonds. The molecule has 1 aliphatic rings. The van der Waals surface area contributed by atoms with E-state index in [2.05, 4.69) is 0 Å². The first kappa shape index (κ1) is 14.1. The van der Waals surface area contributed by atoms with Gasteiger partial charge in [-0.25, -0.2) is 0 Å². The Hall–Kier alpha value is -0.960. The molecule has 0 heterocycles. The fraction of sp³-hybridized carbons (Fsp3) is 0.714. The maximum atomic E-state index is 9.66. The van der Waals surface area contributed by atoms with E-state index in [0.29, 0.717) is 5.70 Å². The molecule has 0 aromatic heterocycles. The van der Waals surface area contributed by atoms with Gasteiger partial charge < -0.3 is 16.6 Å². The fourth-order valence-electron chi connectivity index (χ4n) is 2.55. The quantitative estimate of drug-likeness (QED) is 0.691. The smallest absolute Gasteiger partial charge is 0.0904 e. The molecule has 0 aromatic rings. The van der Waals surface area contributed by atoms with Crippen molar-refractivity contribution in [1.82, 2.24) is 0 Å². The van der Waals surface area contributed by atoms with E-state index in [1.54, 1.807) is 6.92 Å². The van der Waals surface area contributed by atoms with Crippen molar-refractivity contribution >= 4 is 0 Å². The lowest BCUT2D eigenvalue weighted by atomic mass is 9.82. The van der Waals surface area contributed by atoms with Crippen molar-refractivity contribution < 1.29 is 5.11 Å². The summed E-state index contributed by atoms with van der Waals surface area (Å²) in [6, 6.07) is 0. The van der Waals surface area contributed by atoms with Crippen LogP contribution in [0.25, 0.3) is 0 Å². The first-order valence-electron chi connectivity index (χ1n) is 6.66. The summed E-state index contributed by atoms with van der Waals surface area (Å²) in [6.45, 7) is 3.69. The van der Waals surface area contributed by atoms with Gasteiger partial charge in [0.1, 0.15) is 0 Å². The Labute approximate surface area is 105 Å². The molecule has 1 aliphatic carbocycles. The predicted molar refractivity (Wildman–Crippen MR) is 72.0 cm³/mol. The maximum absolute atomic E-state index is 9.66. The molecule has 3 nitrogen and oxygen atoms in total. The molecule has 5 N–H and O–H groups in total. The molecular formula is C14H26N2O. The van der Waals surface area contributed by atoms with Gasteiger partial charge in [0.15, 0.2) is 0 Å². The van der Waals surface area contributed by atoms with Crippen molar-refractivity contribution in [2.75, 3.05) is 0 Å². The summed E-state index contributed by atoms with van der Waals surface area (Å²) in [5.41, 5.74) is 14.8. The molecule has 3 heteroatoms. The van der Waals surface area contributed by atoms with Crippen LogP contribution < -0.4 is 11.5 Å². The van der Waals surface area contributed by atoms with E-state index in [-0.39, 0.29) is 5.92 Å². The number of hydrogen-bond donors (Lipinski definition) is 3. The van der Waals surface area contributed by atoms with E-state index in [1.165, 1.54) is 19.3 Å². The van der Waals surface area contributed by atoms with Crippen molar-refractivity contribution in [2.24, 2.45) is 17.4 Å². The molecule has 1 rings (SSSR count). The normalized spacial score (nSPS) is 28.2. The van der Waals surface area contributed by atoms with Gasteiger partial charge in [-0.05, 0) is 38.7 Å². The molecule has 2 unspecified atom stereocenters. The zero-order valence-corrected chi connectivity index (χ0v) is 11.1. The number of nitrogens with two attached hydrogens (primary N) is 2. The average Bonchev–Trinajstić information content (AvgIpc) is 2.27. The Bertz CT molecular complexity index is 305. The molecule has 1 saturated carbocycles. The largest absolute Gasteiger partial charge is 0.402 e. The Balaban J connectivity index is 3.02. The van der Waals surface area contributed by atoms with Gasteiger partial charge in [-0.15, -0.1) is 0 Å². The number of aliphatic hydroxyl groups excluding tert-OH is 1. The van der Waals surface area contributed by atoms with Crippen LogP contribution in [0, 0.1) is 5.92 Å². The van der Waals surface area contributed by atoms with Gasteiger partial charge in [0, 0.05) is 17.3 Å². The minimum atomic E-state index is -0.573. The summed E-state index contributed by atoms with van der Waals surface area (Å²) in [6.07, 6.45) is 8.27. The lowest BCUT2D eigenvalue weighted by molar-refractivity contribution is 0.226. The summed E-state index contributed by atoms with van der Waals surface area (Å²) < 4.78 is 0. The zero-order chi connectivity index (χ0) is 12.8. The van der Waals surface area contributed by atoms with Crippen molar-refractivity contribution in [3.8, 4) is 0 Å². The monoisotopic (exact) mass is 238 g/mol. The first-order valence-corrected chi connectivity index (χ1v) is 6.66. The molecule has 0 radical (unpaired) electrons. The van der Waals surface area contributed by atoms with E-state index >= 15 is 0 Å². The third-order valence-corrected chi connectivity index (χ3v) is 3.67. The van der Waals surface area contributed by atoms with Gasteiger partial charge in [0.2, 0.25) is 0 Å². The summed E-state index contributed by atoms with van der Waals surface area (Å²) in [7, 11) is 0. The highest BCUT2D eigenvalue weighted by Gasteiger charge is 2.22. The van der Waals surface area contributed by atoms with E-state index < -0.39 is 6.10 Å². The Morgan fingerprint density at radius 2 is 1.94 bits per heavy atom. The van der Waals surface area contributed by atoms with Crippen LogP contribution >= 0.6 is 0 Å².